The minimum atomic E-state index is 0.917. The third-order valence-electron chi connectivity index (χ3n) is 4.90. The van der Waals surface area contributed by atoms with Gasteiger partial charge in [-0.3, -0.25) is 10.00 Å². The van der Waals surface area contributed by atoms with E-state index in [9.17, 15) is 0 Å². The second kappa shape index (κ2) is 6.24. The molecular weight excluding hydrogens is 298 g/mol. The van der Waals surface area contributed by atoms with Crippen molar-refractivity contribution in [2.45, 2.75) is 26.3 Å². The summed E-state index contributed by atoms with van der Waals surface area (Å²) in [5.41, 5.74) is 6.13. The Labute approximate surface area is 142 Å². The zero-order valence-electron chi connectivity index (χ0n) is 14.3. The van der Waals surface area contributed by atoms with E-state index in [1.807, 2.05) is 6.07 Å². The molecule has 1 N–H and O–H groups in total. The van der Waals surface area contributed by atoms with Crippen LogP contribution in [0.2, 0.25) is 0 Å². The SMILES string of the molecule is Cc1nc(CN2CCc3[nH]nc(-c4ccccc4)c3CC2)cn1C. The van der Waals surface area contributed by atoms with Gasteiger partial charge in [0.2, 0.25) is 0 Å². The minimum Gasteiger partial charge on any atom is -0.338 e. The summed E-state index contributed by atoms with van der Waals surface area (Å²) in [5.74, 6) is 1.07. The molecule has 0 amide bonds. The predicted molar refractivity (Wildman–Crippen MR) is 94.7 cm³/mol. The van der Waals surface area contributed by atoms with E-state index < -0.39 is 0 Å². The van der Waals surface area contributed by atoms with Crippen molar-refractivity contribution in [3.05, 3.63) is 59.3 Å². The van der Waals surface area contributed by atoms with Crippen molar-refractivity contribution in [3.8, 4) is 11.3 Å². The fourth-order valence-corrected chi connectivity index (χ4v) is 3.46. The third kappa shape index (κ3) is 2.87. The Morgan fingerprint density at radius 3 is 2.67 bits per heavy atom. The maximum Gasteiger partial charge on any atom is 0.105 e. The molecule has 3 aromatic rings. The maximum atomic E-state index is 4.64. The van der Waals surface area contributed by atoms with Crippen molar-refractivity contribution in [1.29, 1.82) is 0 Å². The molecule has 0 fully saturated rings. The molecule has 1 aliphatic heterocycles. The molecule has 0 aliphatic carbocycles. The standard InChI is InChI=1S/C19H23N5/c1-14-20-16(12-23(14)2)13-24-10-8-17-18(9-11-24)21-22-19(17)15-6-4-3-5-7-15/h3-7,12H,8-11,13H2,1-2H3,(H,21,22). The fourth-order valence-electron chi connectivity index (χ4n) is 3.46. The van der Waals surface area contributed by atoms with Crippen LogP contribution >= 0.6 is 0 Å². The van der Waals surface area contributed by atoms with Gasteiger partial charge in [0.1, 0.15) is 5.82 Å². The zero-order chi connectivity index (χ0) is 16.5. The molecule has 124 valence electrons. The molecule has 5 nitrogen and oxygen atoms in total. The van der Waals surface area contributed by atoms with Gasteiger partial charge in [0, 0.05) is 56.1 Å². The molecule has 0 spiro atoms. The highest BCUT2D eigenvalue weighted by atomic mass is 15.2. The van der Waals surface area contributed by atoms with E-state index in [-0.39, 0.29) is 0 Å². The van der Waals surface area contributed by atoms with Crippen molar-refractivity contribution in [2.75, 3.05) is 13.1 Å². The van der Waals surface area contributed by atoms with Gasteiger partial charge >= 0.3 is 0 Å². The summed E-state index contributed by atoms with van der Waals surface area (Å²) in [6.07, 6.45) is 4.18. The first-order chi connectivity index (χ1) is 11.7. The normalized spacial score (nSPS) is 15.2. The first kappa shape index (κ1) is 15.1. The molecule has 1 aliphatic rings. The molecule has 3 heterocycles. The van der Waals surface area contributed by atoms with E-state index in [1.54, 1.807) is 0 Å². The highest BCUT2D eigenvalue weighted by Crippen LogP contribution is 2.26. The molecule has 0 unspecified atom stereocenters. The highest BCUT2D eigenvalue weighted by Gasteiger charge is 2.20. The van der Waals surface area contributed by atoms with Crippen molar-refractivity contribution in [3.63, 3.8) is 0 Å². The first-order valence-electron chi connectivity index (χ1n) is 8.53. The lowest BCUT2D eigenvalue weighted by Gasteiger charge is -2.18. The van der Waals surface area contributed by atoms with Gasteiger partial charge in [-0.2, -0.15) is 5.10 Å². The van der Waals surface area contributed by atoms with E-state index in [1.165, 1.54) is 16.8 Å². The lowest BCUT2D eigenvalue weighted by Crippen LogP contribution is -2.26. The molecule has 2 aromatic heterocycles. The van der Waals surface area contributed by atoms with Gasteiger partial charge in [-0.05, 0) is 13.3 Å². The van der Waals surface area contributed by atoms with E-state index in [2.05, 4.69) is 69.1 Å². The third-order valence-corrected chi connectivity index (χ3v) is 4.90. The van der Waals surface area contributed by atoms with Gasteiger partial charge in [0.25, 0.3) is 0 Å². The average molecular weight is 321 g/mol. The highest BCUT2D eigenvalue weighted by molar-refractivity contribution is 5.64. The van der Waals surface area contributed by atoms with Crippen molar-refractivity contribution >= 4 is 0 Å². The Hall–Kier alpha value is -2.40. The van der Waals surface area contributed by atoms with Crippen LogP contribution in [-0.4, -0.2) is 37.7 Å². The first-order valence-corrected chi connectivity index (χ1v) is 8.53. The quantitative estimate of drug-likeness (QED) is 0.807. The summed E-state index contributed by atoms with van der Waals surface area (Å²) in [6, 6.07) is 10.5. The number of fused-ring (bicyclic) bond motifs is 1. The van der Waals surface area contributed by atoms with Crippen LogP contribution in [0.3, 0.4) is 0 Å². The van der Waals surface area contributed by atoms with Crippen LogP contribution in [0.5, 0.6) is 0 Å². The van der Waals surface area contributed by atoms with Gasteiger partial charge in [-0.15, -0.1) is 0 Å². The molecule has 24 heavy (non-hydrogen) atoms. The van der Waals surface area contributed by atoms with Gasteiger partial charge in [0.15, 0.2) is 0 Å². The molecule has 0 radical (unpaired) electrons. The van der Waals surface area contributed by atoms with Crippen LogP contribution in [0.1, 0.15) is 22.8 Å². The smallest absolute Gasteiger partial charge is 0.105 e. The summed E-state index contributed by atoms with van der Waals surface area (Å²) >= 11 is 0. The summed E-state index contributed by atoms with van der Waals surface area (Å²) in [7, 11) is 2.05. The van der Waals surface area contributed by atoms with Crippen LogP contribution in [0.25, 0.3) is 11.3 Å². The molecular formula is C19H23N5. The van der Waals surface area contributed by atoms with Gasteiger partial charge < -0.3 is 4.57 Å². The molecule has 5 heteroatoms. The van der Waals surface area contributed by atoms with E-state index in [0.717, 1.165) is 49.7 Å². The monoisotopic (exact) mass is 321 g/mol. The van der Waals surface area contributed by atoms with Crippen molar-refractivity contribution in [2.24, 2.45) is 7.05 Å². The van der Waals surface area contributed by atoms with Crippen molar-refractivity contribution < 1.29 is 0 Å². The van der Waals surface area contributed by atoms with Gasteiger partial charge in [0.05, 0.1) is 11.4 Å². The molecule has 0 saturated carbocycles. The maximum absolute atomic E-state index is 4.64. The fraction of sp³-hybridized carbons (Fsp3) is 0.368. The number of aromatic nitrogens is 4. The second-order valence-electron chi connectivity index (χ2n) is 6.56. The number of imidazole rings is 1. The Morgan fingerprint density at radius 1 is 1.12 bits per heavy atom. The van der Waals surface area contributed by atoms with Crippen LogP contribution in [0, 0.1) is 6.92 Å². The number of rotatable bonds is 3. The number of nitrogens with zero attached hydrogens (tertiary/aromatic N) is 4. The molecule has 0 saturated heterocycles. The van der Waals surface area contributed by atoms with Crippen LogP contribution in [0.15, 0.2) is 36.5 Å². The largest absolute Gasteiger partial charge is 0.338 e. The van der Waals surface area contributed by atoms with Crippen LogP contribution < -0.4 is 0 Å². The Morgan fingerprint density at radius 2 is 1.92 bits per heavy atom. The number of benzene rings is 1. The molecule has 4 rings (SSSR count). The Bertz CT molecular complexity index is 811. The zero-order valence-corrected chi connectivity index (χ0v) is 14.3. The number of hydrogen-bond donors (Lipinski definition) is 1. The Kier molecular flexibility index (Phi) is 3.94. The number of aromatic amines is 1. The Balaban J connectivity index is 1.51. The van der Waals surface area contributed by atoms with Crippen LogP contribution in [-0.2, 0) is 26.4 Å². The number of H-pyrrole nitrogens is 1. The lowest BCUT2D eigenvalue weighted by molar-refractivity contribution is 0.275. The van der Waals surface area contributed by atoms with Gasteiger partial charge in [-0.25, -0.2) is 4.98 Å². The average Bonchev–Trinajstić information content (AvgIpc) is 3.07. The summed E-state index contributed by atoms with van der Waals surface area (Å²) in [4.78, 5) is 7.13. The predicted octanol–water partition coefficient (Wildman–Crippen LogP) is 2.72. The van der Waals surface area contributed by atoms with Crippen LogP contribution in [0.4, 0.5) is 0 Å². The number of hydrogen-bond acceptors (Lipinski definition) is 3. The van der Waals surface area contributed by atoms with Crippen molar-refractivity contribution in [1.82, 2.24) is 24.6 Å². The topological polar surface area (TPSA) is 49.7 Å². The number of nitrogens with one attached hydrogen (secondary N) is 1. The summed E-state index contributed by atoms with van der Waals surface area (Å²) < 4.78 is 2.09. The van der Waals surface area contributed by atoms with E-state index in [0.29, 0.717) is 0 Å². The summed E-state index contributed by atoms with van der Waals surface area (Å²) in [6.45, 7) is 5.05. The summed E-state index contributed by atoms with van der Waals surface area (Å²) in [5, 5.41) is 7.84. The lowest BCUT2D eigenvalue weighted by atomic mass is 10.0. The molecule has 0 bridgehead atoms. The molecule has 0 atom stereocenters. The second-order valence-corrected chi connectivity index (χ2v) is 6.56. The number of aryl methyl sites for hydroxylation is 2. The van der Waals surface area contributed by atoms with E-state index in [4.69, 9.17) is 0 Å². The van der Waals surface area contributed by atoms with E-state index >= 15 is 0 Å². The molecule has 1 aromatic carbocycles. The minimum absolute atomic E-state index is 0.917. The van der Waals surface area contributed by atoms with Gasteiger partial charge in [-0.1, -0.05) is 30.3 Å².